The highest BCUT2D eigenvalue weighted by Gasteiger charge is 2.39. The van der Waals surface area contributed by atoms with Crippen LogP contribution in [0.5, 0.6) is 0 Å². The van der Waals surface area contributed by atoms with E-state index >= 15 is 4.39 Å². The number of nitrogens with two attached hydrogens (primary N) is 1. The van der Waals surface area contributed by atoms with Crippen molar-refractivity contribution in [3.63, 3.8) is 0 Å². The second-order valence-electron chi connectivity index (χ2n) is 7.61. The van der Waals surface area contributed by atoms with Crippen LogP contribution in [0.1, 0.15) is 30.2 Å². The molecule has 1 aromatic carbocycles. The van der Waals surface area contributed by atoms with Crippen molar-refractivity contribution in [2.75, 3.05) is 37.4 Å². The molecule has 0 bridgehead atoms. The molecule has 0 fully saturated rings. The van der Waals surface area contributed by atoms with Gasteiger partial charge in [0.2, 0.25) is 0 Å². The lowest BCUT2D eigenvalue weighted by Crippen LogP contribution is -2.19. The van der Waals surface area contributed by atoms with E-state index in [1.807, 2.05) is 6.92 Å². The molecule has 184 valence electrons. The van der Waals surface area contributed by atoms with Gasteiger partial charge in [-0.15, -0.1) is 0 Å². The summed E-state index contributed by atoms with van der Waals surface area (Å²) in [6.45, 7) is 3.89. The molecule has 0 aliphatic rings. The van der Waals surface area contributed by atoms with Crippen LogP contribution in [-0.4, -0.2) is 41.3 Å². The third-order valence-corrected chi connectivity index (χ3v) is 5.79. The normalized spacial score (nSPS) is 11.9. The monoisotopic (exact) mass is 500 g/mol. The summed E-state index contributed by atoms with van der Waals surface area (Å²) >= 11 is 1.17. The number of nitrogens with zero attached hydrogens (tertiary/aromatic N) is 3. The highest BCUT2D eigenvalue weighted by molar-refractivity contribution is 7.98. The van der Waals surface area contributed by atoms with Crippen molar-refractivity contribution in [3.8, 4) is 11.3 Å². The Kier molecular flexibility index (Phi) is 7.81. The van der Waals surface area contributed by atoms with Crippen LogP contribution in [0.15, 0.2) is 11.2 Å². The number of aryl methyl sites for hydroxylation is 1. The van der Waals surface area contributed by atoms with Gasteiger partial charge in [-0.1, -0.05) is 25.1 Å². The van der Waals surface area contributed by atoms with E-state index in [1.54, 1.807) is 13.3 Å². The number of pyridine rings is 1. The first-order valence-electron chi connectivity index (χ1n) is 10.5. The molecule has 0 unspecified atom stereocenters. The lowest BCUT2D eigenvalue weighted by Gasteiger charge is -2.20. The minimum atomic E-state index is -4.96. The highest BCUT2D eigenvalue weighted by Crippen LogP contribution is 2.43. The fourth-order valence-electron chi connectivity index (χ4n) is 3.72. The van der Waals surface area contributed by atoms with Crippen molar-refractivity contribution in [3.05, 3.63) is 34.5 Å². The average molecular weight is 501 g/mol. The number of hydrogen-bond acceptors (Lipinski definition) is 7. The Morgan fingerprint density at radius 1 is 1.09 bits per heavy atom. The van der Waals surface area contributed by atoms with Crippen LogP contribution >= 0.6 is 11.8 Å². The first kappa shape index (κ1) is 25.9. The number of likely N-dealkylation sites (N-methyl/N-ethyl adjacent to an activating group) is 1. The van der Waals surface area contributed by atoms with E-state index in [2.05, 4.69) is 25.6 Å². The SMILES string of the molecule is CCCc1nc(-c2cc(N)c(F)c(C)c2C(F)(F)F)c(F)c2nc(SC)nc(NCCNC)c12. The minimum absolute atomic E-state index is 0.159. The molecule has 0 saturated carbocycles. The van der Waals surface area contributed by atoms with Crippen LogP contribution in [-0.2, 0) is 12.6 Å². The van der Waals surface area contributed by atoms with Gasteiger partial charge in [-0.05, 0) is 38.3 Å². The number of thioether (sulfide) groups is 1. The Hall–Kier alpha value is -2.73. The Morgan fingerprint density at radius 2 is 1.79 bits per heavy atom. The molecule has 3 aromatic rings. The van der Waals surface area contributed by atoms with Gasteiger partial charge in [-0.3, -0.25) is 0 Å². The fourth-order valence-corrected chi connectivity index (χ4v) is 4.08. The summed E-state index contributed by atoms with van der Waals surface area (Å²) in [4.78, 5) is 13.0. The van der Waals surface area contributed by atoms with Gasteiger partial charge in [0.05, 0.1) is 22.3 Å². The van der Waals surface area contributed by atoms with E-state index in [0.717, 1.165) is 13.0 Å². The first-order chi connectivity index (χ1) is 16.0. The van der Waals surface area contributed by atoms with Crippen molar-refractivity contribution in [2.24, 2.45) is 0 Å². The number of aromatic nitrogens is 3. The molecular formula is C22H25F5N6S. The maximum Gasteiger partial charge on any atom is 0.417 e. The van der Waals surface area contributed by atoms with Gasteiger partial charge < -0.3 is 16.4 Å². The summed E-state index contributed by atoms with van der Waals surface area (Å²) in [5.41, 5.74) is 2.03. The molecule has 0 amide bonds. The smallest absolute Gasteiger partial charge is 0.396 e. The largest absolute Gasteiger partial charge is 0.417 e. The molecule has 0 spiro atoms. The Labute approximate surface area is 198 Å². The number of halogens is 5. The highest BCUT2D eigenvalue weighted by atomic mass is 32.2. The molecular weight excluding hydrogens is 475 g/mol. The molecule has 0 radical (unpaired) electrons. The predicted molar refractivity (Wildman–Crippen MR) is 125 cm³/mol. The van der Waals surface area contributed by atoms with Crippen LogP contribution in [0.25, 0.3) is 22.2 Å². The van der Waals surface area contributed by atoms with Crippen LogP contribution in [0.4, 0.5) is 33.5 Å². The molecule has 0 aliphatic heterocycles. The number of benzene rings is 1. The Morgan fingerprint density at radius 3 is 2.38 bits per heavy atom. The number of anilines is 2. The zero-order valence-electron chi connectivity index (χ0n) is 19.1. The van der Waals surface area contributed by atoms with Gasteiger partial charge in [0.1, 0.15) is 22.8 Å². The fraction of sp³-hybridized carbons (Fsp3) is 0.409. The summed E-state index contributed by atoms with van der Waals surface area (Å²) in [7, 11) is 1.78. The van der Waals surface area contributed by atoms with Crippen molar-refractivity contribution in [2.45, 2.75) is 38.0 Å². The molecule has 3 rings (SSSR count). The lowest BCUT2D eigenvalue weighted by molar-refractivity contribution is -0.137. The maximum atomic E-state index is 15.9. The summed E-state index contributed by atoms with van der Waals surface area (Å²) in [6.07, 6.45) is -2.33. The summed E-state index contributed by atoms with van der Waals surface area (Å²) < 4.78 is 72.0. The van der Waals surface area contributed by atoms with Crippen molar-refractivity contribution in [1.29, 1.82) is 0 Å². The Balaban J connectivity index is 2.43. The average Bonchev–Trinajstić information content (AvgIpc) is 2.78. The van der Waals surface area contributed by atoms with Gasteiger partial charge in [-0.2, -0.15) is 13.2 Å². The number of nitrogen functional groups attached to an aromatic ring is 1. The van der Waals surface area contributed by atoms with E-state index in [1.165, 1.54) is 11.8 Å². The van der Waals surface area contributed by atoms with Crippen LogP contribution in [0.3, 0.4) is 0 Å². The number of rotatable bonds is 8. The number of hydrogen-bond donors (Lipinski definition) is 3. The third-order valence-electron chi connectivity index (χ3n) is 5.24. The van der Waals surface area contributed by atoms with Crippen molar-refractivity contribution >= 4 is 34.2 Å². The predicted octanol–water partition coefficient (Wildman–Crippen LogP) is 5.19. The number of fused-ring (bicyclic) bond motifs is 1. The molecule has 0 atom stereocenters. The van der Waals surface area contributed by atoms with E-state index < -0.39 is 45.9 Å². The molecule has 4 N–H and O–H groups in total. The molecule has 0 aliphatic carbocycles. The zero-order valence-corrected chi connectivity index (χ0v) is 19.9. The summed E-state index contributed by atoms with van der Waals surface area (Å²) in [5, 5.41) is 6.65. The van der Waals surface area contributed by atoms with Gasteiger partial charge in [-0.25, -0.2) is 23.7 Å². The molecule has 34 heavy (non-hydrogen) atoms. The quantitative estimate of drug-likeness (QED) is 0.129. The molecule has 0 saturated heterocycles. The lowest BCUT2D eigenvalue weighted by atomic mass is 9.95. The van der Waals surface area contributed by atoms with E-state index in [4.69, 9.17) is 5.73 Å². The van der Waals surface area contributed by atoms with Crippen LogP contribution in [0, 0.1) is 18.6 Å². The van der Waals surface area contributed by atoms with Gasteiger partial charge in [0.25, 0.3) is 0 Å². The molecule has 2 aromatic heterocycles. The molecule has 12 heteroatoms. The van der Waals surface area contributed by atoms with Crippen LogP contribution < -0.4 is 16.4 Å². The Bertz CT molecular complexity index is 1220. The second kappa shape index (κ2) is 10.3. The van der Waals surface area contributed by atoms with E-state index in [0.29, 0.717) is 42.8 Å². The van der Waals surface area contributed by atoms with E-state index in [9.17, 15) is 17.6 Å². The second-order valence-corrected chi connectivity index (χ2v) is 8.38. The van der Waals surface area contributed by atoms with Crippen molar-refractivity contribution in [1.82, 2.24) is 20.3 Å². The maximum absolute atomic E-state index is 15.9. The van der Waals surface area contributed by atoms with E-state index in [-0.39, 0.29) is 10.7 Å². The topological polar surface area (TPSA) is 88.8 Å². The molecule has 2 heterocycles. The van der Waals surface area contributed by atoms with Gasteiger partial charge in [0.15, 0.2) is 11.0 Å². The summed E-state index contributed by atoms with van der Waals surface area (Å²) in [5.74, 6) is -1.91. The van der Waals surface area contributed by atoms with Crippen molar-refractivity contribution < 1.29 is 22.0 Å². The number of nitrogens with one attached hydrogen (secondary N) is 2. The minimum Gasteiger partial charge on any atom is -0.396 e. The zero-order chi connectivity index (χ0) is 25.2. The standard InChI is InChI=1S/C22H25F5N6S/c1-5-6-13-14-19(32-21(34-4)33-20(14)30-8-7-29-3)17(24)18(31-13)11-9-12(28)16(23)10(2)15(11)22(25,26)27/h9,29H,5-8,28H2,1-4H3,(H,30,32,33). The third kappa shape index (κ3) is 4.88. The number of alkyl halides is 3. The molecule has 6 nitrogen and oxygen atoms in total. The van der Waals surface area contributed by atoms with Gasteiger partial charge >= 0.3 is 6.18 Å². The van der Waals surface area contributed by atoms with Gasteiger partial charge in [0, 0.05) is 18.7 Å². The first-order valence-corrected chi connectivity index (χ1v) is 11.8. The van der Waals surface area contributed by atoms with Crippen LogP contribution in [0.2, 0.25) is 0 Å². The summed E-state index contributed by atoms with van der Waals surface area (Å²) in [6, 6.07) is 0.779.